The number of carbonyl (C=O) groups is 2. The van der Waals surface area contributed by atoms with Crippen LogP contribution in [-0.2, 0) is 42.2 Å². The third-order valence-electron chi connectivity index (χ3n) is 5.88. The molecule has 0 aliphatic rings. The summed E-state index contributed by atoms with van der Waals surface area (Å²) in [5, 5.41) is 2.69. The Kier molecular flexibility index (Phi) is 11.2. The van der Waals surface area contributed by atoms with Crippen molar-refractivity contribution in [3.63, 3.8) is 0 Å². The number of hydrogen-bond donors (Lipinski definition) is 2. The number of carbonyl (C=O) groups excluding carboxylic acids is 2. The molecule has 0 aliphatic carbocycles. The van der Waals surface area contributed by atoms with Crippen LogP contribution in [0.25, 0.3) is 0 Å². The molecule has 9 nitrogen and oxygen atoms in total. The van der Waals surface area contributed by atoms with Gasteiger partial charge in [0.05, 0.1) is 32.1 Å². The number of nitrogens with one attached hydrogen (secondary N) is 2. The lowest BCUT2D eigenvalue weighted by Crippen LogP contribution is -2.45. The molecule has 2 N–H and O–H groups in total. The number of rotatable bonds is 14. The predicted octanol–water partition coefficient (Wildman–Crippen LogP) is 5.28. The average Bonchev–Trinajstić information content (AvgIpc) is 2.93. The minimum Gasteiger partial charge on any atom is -0.449 e. The first-order valence-corrected chi connectivity index (χ1v) is 14.5. The lowest BCUT2D eigenvalue weighted by Gasteiger charge is -2.33. The molecule has 0 fully saturated rings. The molecule has 0 heterocycles. The van der Waals surface area contributed by atoms with Gasteiger partial charge in [0.15, 0.2) is 0 Å². The maximum Gasteiger partial charge on any atom is 0.421 e. The second-order valence-corrected chi connectivity index (χ2v) is 11.5. The lowest BCUT2D eigenvalue weighted by molar-refractivity contribution is -0.141. The second kappa shape index (κ2) is 14.6. The van der Waals surface area contributed by atoms with Crippen LogP contribution in [0, 0.1) is 5.41 Å². The molecular weight excluding hydrogens is 532 g/mol. The van der Waals surface area contributed by atoms with Crippen LogP contribution in [0.2, 0.25) is 0 Å². The van der Waals surface area contributed by atoms with Crippen molar-refractivity contribution >= 4 is 27.7 Å². The van der Waals surface area contributed by atoms with Gasteiger partial charge in [0.1, 0.15) is 11.0 Å². The summed E-state index contributed by atoms with van der Waals surface area (Å²) < 4.78 is 44.7. The zero-order valence-electron chi connectivity index (χ0n) is 23.0. The Labute approximate surface area is 235 Å². The fourth-order valence-corrected chi connectivity index (χ4v) is 4.94. The van der Waals surface area contributed by atoms with Crippen molar-refractivity contribution in [2.45, 2.75) is 51.4 Å². The number of ether oxygens (including phenoxy) is 3. The Bertz CT molecular complexity index is 1350. The Morgan fingerprint density at radius 2 is 1.43 bits per heavy atom. The standard InChI is InChI=1S/C30H36N2O7S/c1-4-19-38-29(34)32-40(35,36)26-18-12-11-17-25(26)31-28(33)27(39-21-24-15-9-6-10-16-24)30(2,3)22-37-20-23-13-7-5-8-14-23/h5-18,27H,4,19-22H2,1-3H3,(H,31,33)(H,32,34). The number of amides is 2. The molecule has 0 radical (unpaired) electrons. The SMILES string of the molecule is CCCOC(=O)NS(=O)(=O)c1ccccc1NC(=O)C(OCc1ccccc1)C(C)(C)COCc1ccccc1. The fraction of sp³-hybridized carbons (Fsp3) is 0.333. The van der Waals surface area contributed by atoms with Gasteiger partial charge in [-0.25, -0.2) is 17.9 Å². The van der Waals surface area contributed by atoms with E-state index in [-0.39, 0.29) is 30.4 Å². The van der Waals surface area contributed by atoms with Crippen LogP contribution < -0.4 is 10.0 Å². The van der Waals surface area contributed by atoms with E-state index >= 15 is 0 Å². The van der Waals surface area contributed by atoms with Crippen LogP contribution in [0.5, 0.6) is 0 Å². The van der Waals surface area contributed by atoms with Crippen LogP contribution in [0.1, 0.15) is 38.3 Å². The first-order chi connectivity index (χ1) is 19.1. The van der Waals surface area contributed by atoms with Crippen LogP contribution in [0.4, 0.5) is 10.5 Å². The van der Waals surface area contributed by atoms with Gasteiger partial charge in [0.2, 0.25) is 0 Å². The second-order valence-electron chi connectivity index (χ2n) is 9.87. The van der Waals surface area contributed by atoms with Crippen LogP contribution >= 0.6 is 0 Å². The lowest BCUT2D eigenvalue weighted by atomic mass is 9.86. The number of para-hydroxylation sites is 1. The van der Waals surface area contributed by atoms with Crippen LogP contribution in [-0.4, -0.2) is 39.7 Å². The molecule has 10 heteroatoms. The third kappa shape index (κ3) is 9.18. The van der Waals surface area contributed by atoms with Gasteiger partial charge in [0.25, 0.3) is 15.9 Å². The van der Waals surface area contributed by atoms with E-state index in [2.05, 4.69) is 5.32 Å². The molecule has 0 aliphatic heterocycles. The zero-order valence-corrected chi connectivity index (χ0v) is 23.8. The summed E-state index contributed by atoms with van der Waals surface area (Å²) >= 11 is 0. The fourth-order valence-electron chi connectivity index (χ4n) is 3.88. The molecule has 40 heavy (non-hydrogen) atoms. The van der Waals surface area contributed by atoms with Gasteiger partial charge >= 0.3 is 6.09 Å². The molecule has 3 aromatic carbocycles. The summed E-state index contributed by atoms with van der Waals surface area (Å²) in [4.78, 5) is 25.3. The van der Waals surface area contributed by atoms with Crippen LogP contribution in [0.15, 0.2) is 89.8 Å². The summed E-state index contributed by atoms with van der Waals surface area (Å²) in [5.74, 6) is -0.555. The number of benzene rings is 3. The van der Waals surface area contributed by atoms with E-state index in [1.165, 1.54) is 18.2 Å². The summed E-state index contributed by atoms with van der Waals surface area (Å²) in [6, 6.07) is 24.9. The molecule has 0 spiro atoms. The molecule has 0 aromatic heterocycles. The number of sulfonamides is 1. The maximum atomic E-state index is 13.7. The van der Waals surface area contributed by atoms with Gasteiger partial charge in [-0.1, -0.05) is 93.6 Å². The quantitative estimate of drug-likeness (QED) is 0.272. The van der Waals surface area contributed by atoms with Crippen LogP contribution in [0.3, 0.4) is 0 Å². The highest BCUT2D eigenvalue weighted by atomic mass is 32.2. The molecule has 3 aromatic rings. The summed E-state index contributed by atoms with van der Waals surface area (Å²) in [7, 11) is -4.33. The molecule has 1 unspecified atom stereocenters. The Balaban J connectivity index is 1.80. The van der Waals surface area contributed by atoms with E-state index in [1.54, 1.807) is 13.0 Å². The van der Waals surface area contributed by atoms with Crippen molar-refractivity contribution in [3.05, 3.63) is 96.1 Å². The van der Waals surface area contributed by atoms with E-state index in [4.69, 9.17) is 14.2 Å². The predicted molar refractivity (Wildman–Crippen MR) is 152 cm³/mol. The van der Waals surface area contributed by atoms with Gasteiger partial charge in [0, 0.05) is 5.41 Å². The molecular formula is C30H36N2O7S. The van der Waals surface area contributed by atoms with Crippen molar-refractivity contribution in [2.24, 2.45) is 5.41 Å². The van der Waals surface area contributed by atoms with E-state index < -0.39 is 33.5 Å². The molecule has 3 rings (SSSR count). The van der Waals surface area contributed by atoms with E-state index in [0.717, 1.165) is 11.1 Å². The van der Waals surface area contributed by atoms with E-state index in [9.17, 15) is 18.0 Å². The van der Waals surface area contributed by atoms with E-state index in [1.807, 2.05) is 79.2 Å². The van der Waals surface area contributed by atoms with Crippen molar-refractivity contribution < 1.29 is 32.2 Å². The molecule has 0 saturated carbocycles. The highest BCUT2D eigenvalue weighted by Crippen LogP contribution is 2.28. The normalized spacial score (nSPS) is 12.4. The highest BCUT2D eigenvalue weighted by Gasteiger charge is 2.37. The third-order valence-corrected chi connectivity index (χ3v) is 7.25. The van der Waals surface area contributed by atoms with Crippen molar-refractivity contribution in [1.82, 2.24) is 4.72 Å². The van der Waals surface area contributed by atoms with Crippen molar-refractivity contribution in [3.8, 4) is 0 Å². The summed E-state index contributed by atoms with van der Waals surface area (Å²) in [5.41, 5.74) is 1.06. The molecule has 214 valence electrons. The molecule has 2 amide bonds. The first-order valence-electron chi connectivity index (χ1n) is 13.0. The monoisotopic (exact) mass is 568 g/mol. The number of anilines is 1. The zero-order chi connectivity index (χ0) is 29.0. The first kappa shape index (κ1) is 30.8. The van der Waals surface area contributed by atoms with Gasteiger partial charge in [-0.05, 0) is 29.7 Å². The smallest absolute Gasteiger partial charge is 0.421 e. The van der Waals surface area contributed by atoms with Gasteiger partial charge in [-0.15, -0.1) is 0 Å². The van der Waals surface area contributed by atoms with E-state index in [0.29, 0.717) is 13.0 Å². The molecule has 1 atom stereocenters. The highest BCUT2D eigenvalue weighted by molar-refractivity contribution is 7.90. The Morgan fingerprint density at radius 3 is 2.05 bits per heavy atom. The van der Waals surface area contributed by atoms with Crippen molar-refractivity contribution in [2.75, 3.05) is 18.5 Å². The minimum absolute atomic E-state index is 0.00222. The average molecular weight is 569 g/mol. The van der Waals surface area contributed by atoms with Crippen molar-refractivity contribution in [1.29, 1.82) is 0 Å². The van der Waals surface area contributed by atoms with Gasteiger partial charge < -0.3 is 19.5 Å². The molecule has 0 saturated heterocycles. The minimum atomic E-state index is -4.33. The van der Waals surface area contributed by atoms with Gasteiger partial charge in [-0.3, -0.25) is 4.79 Å². The topological polar surface area (TPSA) is 120 Å². The van der Waals surface area contributed by atoms with Gasteiger partial charge in [-0.2, -0.15) is 0 Å². The maximum absolute atomic E-state index is 13.7. The Morgan fingerprint density at radius 1 is 0.850 bits per heavy atom. The Hall–Kier alpha value is -3.73. The summed E-state index contributed by atoms with van der Waals surface area (Å²) in [6.07, 6.45) is -1.57. The largest absolute Gasteiger partial charge is 0.449 e. The summed E-state index contributed by atoms with van der Waals surface area (Å²) in [6.45, 7) is 6.27. The number of hydrogen-bond acceptors (Lipinski definition) is 7. The molecule has 0 bridgehead atoms.